The van der Waals surface area contributed by atoms with Crippen molar-refractivity contribution < 1.29 is 9.90 Å². The number of anilines is 1. The Labute approximate surface area is 76.4 Å². The van der Waals surface area contributed by atoms with Gasteiger partial charge in [-0.25, -0.2) is 0 Å². The molecule has 0 fully saturated rings. The molecule has 0 unspecified atom stereocenters. The molecule has 0 radical (unpaired) electrons. The number of phenols is 1. The highest BCUT2D eigenvalue weighted by Gasteiger charge is 1.94. The molecule has 0 atom stereocenters. The Morgan fingerprint density at radius 3 is 2.54 bits per heavy atom. The minimum absolute atomic E-state index is 0.223. The number of phenolic OH excluding ortho intramolecular Hbond substituents is 1. The van der Waals surface area contributed by atoms with Gasteiger partial charge >= 0.3 is 0 Å². The number of primary amides is 1. The van der Waals surface area contributed by atoms with Gasteiger partial charge in [0.2, 0.25) is 5.91 Å². The van der Waals surface area contributed by atoms with E-state index in [-0.39, 0.29) is 11.7 Å². The lowest BCUT2D eigenvalue weighted by Crippen LogP contribution is -2.15. The van der Waals surface area contributed by atoms with Crippen molar-refractivity contribution >= 4 is 11.6 Å². The van der Waals surface area contributed by atoms with Crippen LogP contribution in [-0.4, -0.2) is 17.6 Å². The molecule has 70 valence electrons. The standard InChI is InChI=1S/C9H12N2O2/c10-9(13)5-6-11-7-1-3-8(12)4-2-7/h1-4,11-12H,5-6H2,(H2,10,13). The summed E-state index contributed by atoms with van der Waals surface area (Å²) >= 11 is 0. The lowest BCUT2D eigenvalue weighted by molar-refractivity contribution is -0.117. The number of hydrogen-bond acceptors (Lipinski definition) is 3. The van der Waals surface area contributed by atoms with Gasteiger partial charge in [0, 0.05) is 18.7 Å². The third kappa shape index (κ3) is 3.46. The van der Waals surface area contributed by atoms with Gasteiger partial charge in [-0.3, -0.25) is 4.79 Å². The van der Waals surface area contributed by atoms with Crippen LogP contribution < -0.4 is 11.1 Å². The van der Waals surface area contributed by atoms with Crippen molar-refractivity contribution in [2.75, 3.05) is 11.9 Å². The first kappa shape index (κ1) is 9.38. The molecule has 0 aliphatic carbocycles. The fourth-order valence-electron chi connectivity index (χ4n) is 0.909. The van der Waals surface area contributed by atoms with Crippen LogP contribution >= 0.6 is 0 Å². The number of hydrogen-bond donors (Lipinski definition) is 3. The molecule has 1 aromatic rings. The molecule has 0 bridgehead atoms. The molecule has 1 rings (SSSR count). The molecule has 13 heavy (non-hydrogen) atoms. The highest BCUT2D eigenvalue weighted by Crippen LogP contribution is 2.13. The average molecular weight is 180 g/mol. The maximum atomic E-state index is 10.4. The number of benzene rings is 1. The third-order valence-corrected chi connectivity index (χ3v) is 1.57. The molecule has 0 saturated heterocycles. The zero-order valence-corrected chi connectivity index (χ0v) is 7.16. The average Bonchev–Trinajstić information content (AvgIpc) is 2.08. The smallest absolute Gasteiger partial charge is 0.219 e. The molecule has 0 aliphatic rings. The van der Waals surface area contributed by atoms with Crippen LogP contribution in [0.25, 0.3) is 0 Å². The first-order chi connectivity index (χ1) is 6.18. The van der Waals surface area contributed by atoms with E-state index in [9.17, 15) is 4.79 Å². The van der Waals surface area contributed by atoms with E-state index in [2.05, 4.69) is 5.32 Å². The molecule has 1 aromatic carbocycles. The second-order valence-electron chi connectivity index (χ2n) is 2.69. The van der Waals surface area contributed by atoms with Crippen molar-refractivity contribution in [3.8, 4) is 5.75 Å². The lowest BCUT2D eigenvalue weighted by Gasteiger charge is -2.03. The predicted octanol–water partition coefficient (Wildman–Crippen LogP) is 0.679. The summed E-state index contributed by atoms with van der Waals surface area (Å²) < 4.78 is 0. The van der Waals surface area contributed by atoms with E-state index in [4.69, 9.17) is 10.8 Å². The highest BCUT2D eigenvalue weighted by molar-refractivity contribution is 5.74. The van der Waals surface area contributed by atoms with Crippen molar-refractivity contribution in [2.24, 2.45) is 5.73 Å². The van der Waals surface area contributed by atoms with E-state index in [1.165, 1.54) is 0 Å². The van der Waals surface area contributed by atoms with Gasteiger partial charge in [0.05, 0.1) is 0 Å². The number of carbonyl (C=O) groups excluding carboxylic acids is 1. The van der Waals surface area contributed by atoms with Crippen LogP contribution in [0, 0.1) is 0 Å². The van der Waals surface area contributed by atoms with E-state index in [0.29, 0.717) is 13.0 Å². The summed E-state index contributed by atoms with van der Waals surface area (Å²) in [7, 11) is 0. The normalized spacial score (nSPS) is 9.54. The zero-order valence-electron chi connectivity index (χ0n) is 7.16. The van der Waals surface area contributed by atoms with E-state index in [0.717, 1.165) is 5.69 Å². The Morgan fingerprint density at radius 1 is 1.38 bits per heavy atom. The van der Waals surface area contributed by atoms with Crippen molar-refractivity contribution in [3.63, 3.8) is 0 Å². The molecular weight excluding hydrogens is 168 g/mol. The molecule has 4 heteroatoms. The SMILES string of the molecule is NC(=O)CCNc1ccc(O)cc1. The Balaban J connectivity index is 2.37. The molecule has 1 amide bonds. The predicted molar refractivity (Wildman–Crippen MR) is 50.4 cm³/mol. The maximum Gasteiger partial charge on any atom is 0.219 e. The number of aromatic hydroxyl groups is 1. The van der Waals surface area contributed by atoms with Crippen LogP contribution in [0.5, 0.6) is 5.75 Å². The van der Waals surface area contributed by atoms with Crippen molar-refractivity contribution in [1.29, 1.82) is 0 Å². The van der Waals surface area contributed by atoms with Crippen LogP contribution in [0.1, 0.15) is 6.42 Å². The number of amides is 1. The third-order valence-electron chi connectivity index (χ3n) is 1.57. The van der Waals surface area contributed by atoms with Crippen LogP contribution in [0.15, 0.2) is 24.3 Å². The van der Waals surface area contributed by atoms with Gasteiger partial charge in [-0.1, -0.05) is 0 Å². The Morgan fingerprint density at radius 2 is 2.00 bits per heavy atom. The van der Waals surface area contributed by atoms with Crippen LogP contribution in [0.3, 0.4) is 0 Å². The Hall–Kier alpha value is -1.71. The molecular formula is C9H12N2O2. The van der Waals surface area contributed by atoms with Gasteiger partial charge in [-0.05, 0) is 24.3 Å². The molecule has 0 aromatic heterocycles. The number of nitrogens with two attached hydrogens (primary N) is 1. The Bertz CT molecular complexity index is 282. The summed E-state index contributed by atoms with van der Waals surface area (Å²) in [6.07, 6.45) is 0.306. The number of carbonyl (C=O) groups is 1. The van der Waals surface area contributed by atoms with E-state index < -0.39 is 0 Å². The highest BCUT2D eigenvalue weighted by atomic mass is 16.3. The Kier molecular flexibility index (Phi) is 3.14. The van der Waals surface area contributed by atoms with E-state index in [1.807, 2.05) is 0 Å². The van der Waals surface area contributed by atoms with Gasteiger partial charge in [0.25, 0.3) is 0 Å². The van der Waals surface area contributed by atoms with Crippen LogP contribution in [-0.2, 0) is 4.79 Å². The van der Waals surface area contributed by atoms with Crippen LogP contribution in [0.2, 0.25) is 0 Å². The number of nitrogens with one attached hydrogen (secondary N) is 1. The second kappa shape index (κ2) is 4.35. The van der Waals surface area contributed by atoms with Gasteiger partial charge in [0.1, 0.15) is 5.75 Å². The molecule has 0 heterocycles. The fourth-order valence-corrected chi connectivity index (χ4v) is 0.909. The van der Waals surface area contributed by atoms with Crippen molar-refractivity contribution in [2.45, 2.75) is 6.42 Å². The van der Waals surface area contributed by atoms with Crippen LogP contribution in [0.4, 0.5) is 5.69 Å². The minimum Gasteiger partial charge on any atom is -0.508 e. The van der Waals surface area contributed by atoms with E-state index in [1.54, 1.807) is 24.3 Å². The topological polar surface area (TPSA) is 75.4 Å². The lowest BCUT2D eigenvalue weighted by atomic mass is 10.3. The largest absolute Gasteiger partial charge is 0.508 e. The quantitative estimate of drug-likeness (QED) is 0.596. The monoisotopic (exact) mass is 180 g/mol. The summed E-state index contributed by atoms with van der Waals surface area (Å²) in [4.78, 5) is 10.4. The molecule has 0 spiro atoms. The van der Waals surface area contributed by atoms with Gasteiger partial charge in [0.15, 0.2) is 0 Å². The first-order valence-corrected chi connectivity index (χ1v) is 3.99. The number of rotatable bonds is 4. The molecule has 0 aliphatic heterocycles. The molecule has 0 saturated carbocycles. The summed E-state index contributed by atoms with van der Waals surface area (Å²) in [5.41, 5.74) is 5.82. The van der Waals surface area contributed by atoms with Crippen molar-refractivity contribution in [3.05, 3.63) is 24.3 Å². The van der Waals surface area contributed by atoms with Crippen molar-refractivity contribution in [1.82, 2.24) is 0 Å². The van der Waals surface area contributed by atoms with Gasteiger partial charge in [-0.15, -0.1) is 0 Å². The molecule has 4 N–H and O–H groups in total. The molecule has 4 nitrogen and oxygen atoms in total. The first-order valence-electron chi connectivity index (χ1n) is 3.99. The van der Waals surface area contributed by atoms with Gasteiger partial charge < -0.3 is 16.2 Å². The zero-order chi connectivity index (χ0) is 9.68. The summed E-state index contributed by atoms with van der Waals surface area (Å²) in [6.45, 7) is 0.514. The summed E-state index contributed by atoms with van der Waals surface area (Å²) in [5, 5.41) is 12.0. The second-order valence-corrected chi connectivity index (χ2v) is 2.69. The summed E-state index contributed by atoms with van der Waals surface area (Å²) in [5.74, 6) is -0.105. The maximum absolute atomic E-state index is 10.4. The van der Waals surface area contributed by atoms with Gasteiger partial charge in [-0.2, -0.15) is 0 Å². The minimum atomic E-state index is -0.328. The summed E-state index contributed by atoms with van der Waals surface area (Å²) in [6, 6.07) is 6.62. The van der Waals surface area contributed by atoms with E-state index >= 15 is 0 Å². The fraction of sp³-hybridized carbons (Fsp3) is 0.222.